The minimum Gasteiger partial charge on any atom is -0.493 e. The van der Waals surface area contributed by atoms with Crippen LogP contribution in [-0.2, 0) is 0 Å². The van der Waals surface area contributed by atoms with E-state index in [9.17, 15) is 5.11 Å². The van der Waals surface area contributed by atoms with Crippen molar-refractivity contribution >= 4 is 40.4 Å². The van der Waals surface area contributed by atoms with Gasteiger partial charge in [0.1, 0.15) is 5.69 Å². The zero-order valence-corrected chi connectivity index (χ0v) is 13.7. The molecular formula is C16H14ClN3OS. The van der Waals surface area contributed by atoms with Gasteiger partial charge in [-0.15, -0.1) is 23.7 Å². The molecule has 1 N–H and O–H groups in total. The van der Waals surface area contributed by atoms with E-state index in [-0.39, 0.29) is 18.3 Å². The zero-order chi connectivity index (χ0) is 14.6. The summed E-state index contributed by atoms with van der Waals surface area (Å²) in [5, 5.41) is 10.2. The minimum absolute atomic E-state index is 0. The Morgan fingerprint density at radius 2 is 1.95 bits per heavy atom. The molecule has 4 nitrogen and oxygen atoms in total. The molecule has 0 aliphatic heterocycles. The predicted molar refractivity (Wildman–Crippen MR) is 92.2 cm³/mol. The maximum Gasteiger partial charge on any atom is 0.219 e. The molecule has 0 bridgehead atoms. The summed E-state index contributed by atoms with van der Waals surface area (Å²) in [5.74, 6) is 0.178. The van der Waals surface area contributed by atoms with Crippen LogP contribution in [0.2, 0.25) is 0 Å². The van der Waals surface area contributed by atoms with Crippen LogP contribution in [0.5, 0.6) is 5.88 Å². The molecule has 3 heterocycles. The lowest BCUT2D eigenvalue weighted by Crippen LogP contribution is -1.91. The molecule has 0 saturated carbocycles. The lowest BCUT2D eigenvalue weighted by atomic mass is 10.1. The first-order valence-corrected chi connectivity index (χ1v) is 7.49. The van der Waals surface area contributed by atoms with E-state index in [1.54, 1.807) is 28.9 Å². The molecule has 112 valence electrons. The molecule has 4 rings (SSSR count). The lowest BCUT2D eigenvalue weighted by Gasteiger charge is -2.04. The molecule has 22 heavy (non-hydrogen) atoms. The number of thiophene rings is 1. The van der Waals surface area contributed by atoms with Gasteiger partial charge in [-0.1, -0.05) is 6.07 Å². The van der Waals surface area contributed by atoms with E-state index in [1.807, 2.05) is 6.07 Å². The molecule has 4 aromatic rings. The van der Waals surface area contributed by atoms with Crippen LogP contribution in [0.25, 0.3) is 27.1 Å². The third kappa shape index (κ3) is 2.14. The number of hydrogen-bond donors (Lipinski definition) is 1. The Kier molecular flexibility index (Phi) is 3.54. The second-order valence-corrected chi connectivity index (χ2v) is 6.37. The normalized spacial score (nSPS) is 11.0. The van der Waals surface area contributed by atoms with E-state index in [1.165, 1.54) is 9.75 Å². The van der Waals surface area contributed by atoms with Gasteiger partial charge in [0.15, 0.2) is 5.65 Å². The maximum atomic E-state index is 10.2. The van der Waals surface area contributed by atoms with Crippen molar-refractivity contribution < 1.29 is 5.11 Å². The first-order valence-electron chi connectivity index (χ1n) is 6.67. The molecule has 6 heteroatoms. The van der Waals surface area contributed by atoms with Gasteiger partial charge in [-0.25, -0.2) is 4.98 Å². The molecule has 0 aliphatic rings. The van der Waals surface area contributed by atoms with E-state index in [0.717, 1.165) is 16.6 Å². The number of benzene rings is 1. The summed E-state index contributed by atoms with van der Waals surface area (Å²) in [6.45, 7) is 3.89. The van der Waals surface area contributed by atoms with Gasteiger partial charge in [-0.3, -0.25) is 9.38 Å². The van der Waals surface area contributed by atoms with Gasteiger partial charge >= 0.3 is 0 Å². The Bertz CT molecular complexity index is 990. The van der Waals surface area contributed by atoms with Crippen LogP contribution in [0.4, 0.5) is 0 Å². The Hall–Kier alpha value is -2.11. The lowest BCUT2D eigenvalue weighted by molar-refractivity contribution is 0.446. The third-order valence-corrected chi connectivity index (χ3v) is 4.66. The molecule has 0 spiro atoms. The predicted octanol–water partition coefficient (Wildman–Crippen LogP) is 4.36. The highest BCUT2D eigenvalue weighted by Crippen LogP contribution is 2.31. The van der Waals surface area contributed by atoms with E-state index >= 15 is 0 Å². The summed E-state index contributed by atoms with van der Waals surface area (Å²) < 4.78 is 1.74. The van der Waals surface area contributed by atoms with Gasteiger partial charge in [0.2, 0.25) is 5.88 Å². The molecule has 0 radical (unpaired) electrons. The SMILES string of the molecule is Cc1ccc(-c2ccc3c(c2)ncc2nc(C)c(O)n23)s1.Cl. The smallest absolute Gasteiger partial charge is 0.219 e. The van der Waals surface area contributed by atoms with E-state index in [0.29, 0.717) is 11.3 Å². The topological polar surface area (TPSA) is 50.4 Å². The first kappa shape index (κ1) is 14.8. The van der Waals surface area contributed by atoms with Gasteiger partial charge in [0.05, 0.1) is 17.2 Å². The van der Waals surface area contributed by atoms with Crippen molar-refractivity contribution in [3.8, 4) is 16.3 Å². The average molecular weight is 332 g/mol. The maximum absolute atomic E-state index is 10.2. The van der Waals surface area contributed by atoms with Crippen LogP contribution in [0.3, 0.4) is 0 Å². The Morgan fingerprint density at radius 1 is 1.14 bits per heavy atom. The summed E-state index contributed by atoms with van der Waals surface area (Å²) in [6, 6.07) is 10.3. The van der Waals surface area contributed by atoms with Crippen molar-refractivity contribution in [2.75, 3.05) is 0 Å². The summed E-state index contributed by atoms with van der Waals surface area (Å²) in [5.41, 5.74) is 4.13. The molecule has 0 aliphatic carbocycles. The quantitative estimate of drug-likeness (QED) is 0.564. The Balaban J connectivity index is 0.00000144. The summed E-state index contributed by atoms with van der Waals surface area (Å²) in [6.07, 6.45) is 1.69. The van der Waals surface area contributed by atoms with Crippen LogP contribution in [-0.4, -0.2) is 19.5 Å². The van der Waals surface area contributed by atoms with E-state index < -0.39 is 0 Å². The van der Waals surface area contributed by atoms with Gasteiger partial charge in [0, 0.05) is 9.75 Å². The third-order valence-electron chi connectivity index (χ3n) is 3.61. The number of aromatic nitrogens is 3. The van der Waals surface area contributed by atoms with Crippen LogP contribution >= 0.6 is 23.7 Å². The second-order valence-electron chi connectivity index (χ2n) is 5.09. The van der Waals surface area contributed by atoms with Crippen molar-refractivity contribution in [1.29, 1.82) is 0 Å². The van der Waals surface area contributed by atoms with Gasteiger partial charge in [-0.05, 0) is 43.7 Å². The minimum atomic E-state index is 0. The fraction of sp³-hybridized carbons (Fsp3) is 0.125. The van der Waals surface area contributed by atoms with Crippen LogP contribution in [0, 0.1) is 13.8 Å². The van der Waals surface area contributed by atoms with Crippen molar-refractivity contribution in [3.63, 3.8) is 0 Å². The number of fused-ring (bicyclic) bond motifs is 3. The number of imidazole rings is 1. The fourth-order valence-electron chi connectivity index (χ4n) is 2.55. The van der Waals surface area contributed by atoms with Crippen molar-refractivity contribution in [2.45, 2.75) is 13.8 Å². The number of hydrogen-bond acceptors (Lipinski definition) is 4. The van der Waals surface area contributed by atoms with Gasteiger partial charge < -0.3 is 5.11 Å². The van der Waals surface area contributed by atoms with E-state index in [2.05, 4.69) is 41.2 Å². The molecule has 1 aromatic carbocycles. The highest BCUT2D eigenvalue weighted by molar-refractivity contribution is 7.15. The molecule has 3 aromatic heterocycles. The molecular weight excluding hydrogens is 318 g/mol. The molecule has 0 saturated heterocycles. The first-order chi connectivity index (χ1) is 10.1. The molecule has 0 amide bonds. The van der Waals surface area contributed by atoms with Crippen LogP contribution < -0.4 is 0 Å². The number of aromatic hydroxyl groups is 1. The van der Waals surface area contributed by atoms with Crippen molar-refractivity contribution in [3.05, 3.63) is 47.1 Å². The highest BCUT2D eigenvalue weighted by atomic mass is 35.5. The zero-order valence-electron chi connectivity index (χ0n) is 12.1. The number of halogens is 1. The van der Waals surface area contributed by atoms with E-state index in [4.69, 9.17) is 0 Å². The van der Waals surface area contributed by atoms with Crippen molar-refractivity contribution in [2.24, 2.45) is 0 Å². The van der Waals surface area contributed by atoms with Gasteiger partial charge in [0.25, 0.3) is 0 Å². The Labute approximate surface area is 137 Å². The summed E-state index contributed by atoms with van der Waals surface area (Å²) in [7, 11) is 0. The summed E-state index contributed by atoms with van der Waals surface area (Å²) in [4.78, 5) is 11.3. The molecule has 0 atom stereocenters. The number of nitrogens with zero attached hydrogens (tertiary/aromatic N) is 3. The average Bonchev–Trinajstić information content (AvgIpc) is 3.03. The second kappa shape index (κ2) is 5.26. The number of aryl methyl sites for hydroxylation is 2. The standard InChI is InChI=1S/C16H13N3OS.ClH/c1-9-3-6-14(21-9)11-4-5-13-12(7-11)17-8-15-18-10(2)16(20)19(13)15;/h3-8,20H,1-2H3;1H. The van der Waals surface area contributed by atoms with Gasteiger partial charge in [-0.2, -0.15) is 0 Å². The largest absolute Gasteiger partial charge is 0.493 e. The molecule has 0 unspecified atom stereocenters. The Morgan fingerprint density at radius 3 is 2.68 bits per heavy atom. The fourth-order valence-corrected chi connectivity index (χ4v) is 3.42. The summed E-state index contributed by atoms with van der Waals surface area (Å²) >= 11 is 1.76. The van der Waals surface area contributed by atoms with Crippen molar-refractivity contribution in [1.82, 2.24) is 14.4 Å². The molecule has 0 fully saturated rings. The van der Waals surface area contributed by atoms with Crippen LogP contribution in [0.1, 0.15) is 10.6 Å². The van der Waals surface area contributed by atoms with Crippen LogP contribution in [0.15, 0.2) is 36.5 Å². The highest BCUT2D eigenvalue weighted by Gasteiger charge is 2.11. The number of rotatable bonds is 1. The monoisotopic (exact) mass is 331 g/mol.